The first-order chi connectivity index (χ1) is 10.8. The summed E-state index contributed by atoms with van der Waals surface area (Å²) in [4.78, 5) is 11.8. The Kier molecular flexibility index (Phi) is 5.66. The number of rotatable bonds is 2. The van der Waals surface area contributed by atoms with E-state index in [-0.39, 0.29) is 5.78 Å². The van der Waals surface area contributed by atoms with Gasteiger partial charge in [-0.2, -0.15) is 5.26 Å². The number of benzene rings is 3. The molecule has 2 nitrogen and oxygen atoms in total. The van der Waals surface area contributed by atoms with Gasteiger partial charge in [-0.3, -0.25) is 4.79 Å². The molecule has 0 saturated heterocycles. The lowest BCUT2D eigenvalue weighted by Crippen LogP contribution is -1.99. The third-order valence-corrected chi connectivity index (χ3v) is 2.97. The van der Waals surface area contributed by atoms with Crippen molar-refractivity contribution in [1.82, 2.24) is 0 Å². The van der Waals surface area contributed by atoms with Gasteiger partial charge in [0.2, 0.25) is 0 Å². The summed E-state index contributed by atoms with van der Waals surface area (Å²) in [7, 11) is 0. The van der Waals surface area contributed by atoms with Gasteiger partial charge in [-0.25, -0.2) is 0 Å². The number of hydrogen-bond donors (Lipinski definition) is 0. The van der Waals surface area contributed by atoms with Gasteiger partial charge in [-0.05, 0) is 12.1 Å². The quantitative estimate of drug-likeness (QED) is 0.651. The van der Waals surface area contributed by atoms with Crippen molar-refractivity contribution in [2.75, 3.05) is 0 Å². The molecule has 0 unspecified atom stereocenters. The van der Waals surface area contributed by atoms with Gasteiger partial charge in [0.15, 0.2) is 5.78 Å². The van der Waals surface area contributed by atoms with Crippen LogP contribution in [0, 0.1) is 11.3 Å². The molecule has 0 radical (unpaired) electrons. The van der Waals surface area contributed by atoms with E-state index in [1.807, 2.05) is 84.9 Å². The van der Waals surface area contributed by atoms with Crippen molar-refractivity contribution in [3.8, 4) is 6.07 Å². The minimum Gasteiger partial charge on any atom is -0.289 e. The van der Waals surface area contributed by atoms with E-state index >= 15 is 0 Å². The number of carbonyl (C=O) groups excluding carboxylic acids is 1. The van der Waals surface area contributed by atoms with E-state index in [0.29, 0.717) is 5.56 Å². The Morgan fingerprint density at radius 1 is 0.636 bits per heavy atom. The lowest BCUT2D eigenvalue weighted by Gasteiger charge is -1.99. The van der Waals surface area contributed by atoms with Crippen molar-refractivity contribution < 1.29 is 4.79 Å². The molecule has 0 atom stereocenters. The maximum atomic E-state index is 11.8. The molecule has 22 heavy (non-hydrogen) atoms. The SMILES string of the molecule is N#Cc1ccccc1.O=C(c1ccccc1)c1ccccc1. The fourth-order valence-electron chi connectivity index (χ4n) is 1.86. The second-order valence-electron chi connectivity index (χ2n) is 4.54. The van der Waals surface area contributed by atoms with E-state index in [0.717, 1.165) is 11.1 Å². The molecule has 3 aromatic carbocycles. The van der Waals surface area contributed by atoms with Crippen LogP contribution in [0.3, 0.4) is 0 Å². The highest BCUT2D eigenvalue weighted by molar-refractivity contribution is 6.08. The van der Waals surface area contributed by atoms with Gasteiger partial charge < -0.3 is 0 Å². The zero-order valence-electron chi connectivity index (χ0n) is 12.0. The molecular formula is C20H15NO. The van der Waals surface area contributed by atoms with Crippen LogP contribution in [0.15, 0.2) is 91.0 Å². The number of carbonyl (C=O) groups is 1. The summed E-state index contributed by atoms with van der Waals surface area (Å²) in [6.45, 7) is 0. The first-order valence-corrected chi connectivity index (χ1v) is 6.91. The van der Waals surface area contributed by atoms with Crippen LogP contribution in [0.1, 0.15) is 21.5 Å². The number of hydrogen-bond acceptors (Lipinski definition) is 2. The van der Waals surface area contributed by atoms with Crippen LogP contribution < -0.4 is 0 Å². The zero-order chi connectivity index (χ0) is 15.6. The van der Waals surface area contributed by atoms with Crippen molar-refractivity contribution in [2.24, 2.45) is 0 Å². The van der Waals surface area contributed by atoms with Crippen molar-refractivity contribution >= 4 is 5.78 Å². The molecule has 0 bridgehead atoms. The lowest BCUT2D eigenvalue weighted by molar-refractivity contribution is 0.103. The Hall–Kier alpha value is -3.18. The van der Waals surface area contributed by atoms with Crippen LogP contribution >= 0.6 is 0 Å². The number of nitrogens with zero attached hydrogens (tertiary/aromatic N) is 1. The molecule has 0 fully saturated rings. The first kappa shape index (κ1) is 15.2. The van der Waals surface area contributed by atoms with Crippen molar-refractivity contribution in [3.05, 3.63) is 108 Å². The van der Waals surface area contributed by atoms with E-state index in [9.17, 15) is 4.79 Å². The number of ketones is 1. The summed E-state index contributed by atoms with van der Waals surface area (Å²) in [5, 5.41) is 8.29. The van der Waals surface area contributed by atoms with Crippen LogP contribution in [0.4, 0.5) is 0 Å². The van der Waals surface area contributed by atoms with Crippen molar-refractivity contribution in [3.63, 3.8) is 0 Å². The molecule has 106 valence electrons. The molecule has 0 spiro atoms. The average molecular weight is 285 g/mol. The largest absolute Gasteiger partial charge is 0.289 e. The lowest BCUT2D eigenvalue weighted by atomic mass is 10.0. The Morgan fingerprint density at radius 2 is 1.00 bits per heavy atom. The summed E-state index contributed by atoms with van der Waals surface area (Å²) >= 11 is 0. The summed E-state index contributed by atoms with van der Waals surface area (Å²) in [5.41, 5.74) is 2.19. The minimum absolute atomic E-state index is 0.0752. The molecule has 0 aliphatic heterocycles. The van der Waals surface area contributed by atoms with E-state index < -0.39 is 0 Å². The first-order valence-electron chi connectivity index (χ1n) is 6.91. The van der Waals surface area contributed by atoms with E-state index in [2.05, 4.69) is 0 Å². The second kappa shape index (κ2) is 8.18. The Bertz CT molecular complexity index is 702. The van der Waals surface area contributed by atoms with Crippen molar-refractivity contribution in [2.45, 2.75) is 0 Å². The molecule has 0 heterocycles. The molecule has 0 saturated carbocycles. The summed E-state index contributed by atoms with van der Waals surface area (Å²) in [6, 6.07) is 29.8. The van der Waals surface area contributed by atoms with E-state index in [1.54, 1.807) is 12.1 Å². The molecule has 0 N–H and O–H groups in total. The molecule has 0 aliphatic rings. The minimum atomic E-state index is 0.0752. The smallest absolute Gasteiger partial charge is 0.193 e. The maximum Gasteiger partial charge on any atom is 0.193 e. The summed E-state index contributed by atoms with van der Waals surface area (Å²) < 4.78 is 0. The summed E-state index contributed by atoms with van der Waals surface area (Å²) in [6.07, 6.45) is 0. The van der Waals surface area contributed by atoms with Gasteiger partial charge in [0, 0.05) is 11.1 Å². The number of nitriles is 1. The normalized spacial score (nSPS) is 9.05. The molecule has 0 aliphatic carbocycles. The third kappa shape index (κ3) is 4.43. The van der Waals surface area contributed by atoms with E-state index in [1.165, 1.54) is 0 Å². The van der Waals surface area contributed by atoms with Gasteiger partial charge in [0.25, 0.3) is 0 Å². The highest BCUT2D eigenvalue weighted by Crippen LogP contribution is 2.08. The van der Waals surface area contributed by atoms with Crippen LogP contribution in [-0.2, 0) is 0 Å². The van der Waals surface area contributed by atoms with Gasteiger partial charge in [-0.1, -0.05) is 78.9 Å². The molecule has 3 rings (SSSR count). The fourth-order valence-corrected chi connectivity index (χ4v) is 1.86. The standard InChI is InChI=1S/C13H10O.C7H5N/c14-13(11-7-3-1-4-8-11)12-9-5-2-6-10-12;8-6-7-4-2-1-3-5-7/h1-10H;1-5H. The second-order valence-corrected chi connectivity index (χ2v) is 4.54. The molecule has 0 amide bonds. The van der Waals surface area contributed by atoms with Crippen molar-refractivity contribution in [1.29, 1.82) is 5.26 Å². The molecule has 3 aromatic rings. The maximum absolute atomic E-state index is 11.8. The highest BCUT2D eigenvalue weighted by Gasteiger charge is 2.06. The Labute approximate surface area is 130 Å². The predicted molar refractivity (Wildman–Crippen MR) is 87.5 cm³/mol. The van der Waals surface area contributed by atoms with E-state index in [4.69, 9.17) is 5.26 Å². The predicted octanol–water partition coefficient (Wildman–Crippen LogP) is 4.48. The van der Waals surface area contributed by atoms with Crippen LogP contribution in [0.25, 0.3) is 0 Å². The van der Waals surface area contributed by atoms with Crippen LogP contribution in [-0.4, -0.2) is 5.78 Å². The zero-order valence-corrected chi connectivity index (χ0v) is 12.0. The Balaban J connectivity index is 0.000000188. The molecule has 2 heteroatoms. The topological polar surface area (TPSA) is 40.9 Å². The summed E-state index contributed by atoms with van der Waals surface area (Å²) in [5.74, 6) is 0.0752. The third-order valence-electron chi connectivity index (χ3n) is 2.97. The van der Waals surface area contributed by atoms with Gasteiger partial charge in [0.05, 0.1) is 11.6 Å². The van der Waals surface area contributed by atoms with Crippen LogP contribution in [0.2, 0.25) is 0 Å². The van der Waals surface area contributed by atoms with Crippen LogP contribution in [0.5, 0.6) is 0 Å². The van der Waals surface area contributed by atoms with Gasteiger partial charge in [0.1, 0.15) is 0 Å². The molecular weight excluding hydrogens is 270 g/mol. The highest BCUT2D eigenvalue weighted by atomic mass is 16.1. The monoisotopic (exact) mass is 285 g/mol. The van der Waals surface area contributed by atoms with Gasteiger partial charge in [-0.15, -0.1) is 0 Å². The fraction of sp³-hybridized carbons (Fsp3) is 0. The van der Waals surface area contributed by atoms with Gasteiger partial charge >= 0.3 is 0 Å². The Morgan fingerprint density at radius 3 is 1.32 bits per heavy atom. The average Bonchev–Trinajstić information content (AvgIpc) is 2.64. The molecule has 0 aromatic heterocycles.